The minimum absolute atomic E-state index is 0.170. The van der Waals surface area contributed by atoms with Crippen LogP contribution in [0.25, 0.3) is 54.9 Å². The van der Waals surface area contributed by atoms with Crippen LogP contribution in [0.4, 0.5) is 0 Å². The third-order valence-corrected chi connectivity index (χ3v) is 8.21. The van der Waals surface area contributed by atoms with Gasteiger partial charge < -0.3 is 29.9 Å². The number of carboxylic acids is 4. The molecule has 10 nitrogen and oxygen atoms in total. The number of hydrogen-bond acceptors (Lipinski definition) is 6. The van der Waals surface area contributed by atoms with Crippen molar-refractivity contribution in [3.8, 4) is 44.9 Å². The summed E-state index contributed by atoms with van der Waals surface area (Å²) >= 11 is 0. The first-order valence-electron chi connectivity index (χ1n) is 14.5. The number of ether oxygens (including phenoxy) is 2. The molecule has 0 fully saturated rings. The summed E-state index contributed by atoms with van der Waals surface area (Å²) in [5.74, 6) is -4.07. The average molecular weight is 643 g/mol. The third kappa shape index (κ3) is 5.41. The summed E-state index contributed by atoms with van der Waals surface area (Å²) in [6, 6.07) is 25.9. The molecule has 4 N–H and O–H groups in total. The van der Waals surface area contributed by atoms with E-state index in [1.807, 2.05) is 24.3 Å². The van der Waals surface area contributed by atoms with Crippen molar-refractivity contribution >= 4 is 45.4 Å². The second-order valence-corrected chi connectivity index (χ2v) is 10.9. The summed E-state index contributed by atoms with van der Waals surface area (Å²) < 4.78 is 11.7. The molecule has 6 aromatic carbocycles. The van der Waals surface area contributed by atoms with E-state index in [4.69, 9.17) is 9.47 Å². The number of carbonyl (C=O) groups is 4. The van der Waals surface area contributed by atoms with Crippen LogP contribution in [-0.4, -0.2) is 58.5 Å². The van der Waals surface area contributed by atoms with Crippen molar-refractivity contribution in [2.24, 2.45) is 0 Å². The van der Waals surface area contributed by atoms with Crippen molar-refractivity contribution in [1.29, 1.82) is 0 Å². The van der Waals surface area contributed by atoms with Crippen LogP contribution in [0.1, 0.15) is 41.4 Å². The maximum atomic E-state index is 11.9. The lowest BCUT2D eigenvalue weighted by molar-refractivity contribution is 0.0676. The first-order valence-corrected chi connectivity index (χ1v) is 14.5. The predicted octanol–water partition coefficient (Wildman–Crippen LogP) is 7.80. The predicted molar refractivity (Wildman–Crippen MR) is 179 cm³/mol. The molecule has 238 valence electrons. The molecule has 0 bridgehead atoms. The van der Waals surface area contributed by atoms with Crippen LogP contribution in [0.15, 0.2) is 97.1 Å². The molecule has 0 spiro atoms. The van der Waals surface area contributed by atoms with Crippen LogP contribution in [0, 0.1) is 0 Å². The molecule has 0 saturated heterocycles. The van der Waals surface area contributed by atoms with Crippen molar-refractivity contribution in [3.63, 3.8) is 0 Å². The Morgan fingerprint density at radius 3 is 1.06 bits per heavy atom. The number of hydrogen-bond donors (Lipinski definition) is 4. The molecule has 6 aromatic rings. The van der Waals surface area contributed by atoms with Gasteiger partial charge in [0.1, 0.15) is 11.5 Å². The first kappa shape index (κ1) is 31.3. The fourth-order valence-corrected chi connectivity index (χ4v) is 6.10. The van der Waals surface area contributed by atoms with Crippen molar-refractivity contribution in [1.82, 2.24) is 0 Å². The van der Waals surface area contributed by atoms with Gasteiger partial charge in [-0.25, -0.2) is 19.2 Å². The van der Waals surface area contributed by atoms with E-state index in [-0.39, 0.29) is 22.3 Å². The smallest absolute Gasteiger partial charge is 0.335 e. The quantitative estimate of drug-likeness (QED) is 0.122. The van der Waals surface area contributed by atoms with Gasteiger partial charge in [0.25, 0.3) is 0 Å². The van der Waals surface area contributed by atoms with Gasteiger partial charge in [-0.1, -0.05) is 48.5 Å². The zero-order valence-corrected chi connectivity index (χ0v) is 25.5. The van der Waals surface area contributed by atoms with Crippen molar-refractivity contribution < 1.29 is 49.1 Å². The van der Waals surface area contributed by atoms with Crippen LogP contribution in [0.5, 0.6) is 11.5 Å². The Kier molecular flexibility index (Phi) is 7.99. The van der Waals surface area contributed by atoms with Crippen molar-refractivity contribution in [3.05, 3.63) is 119 Å². The van der Waals surface area contributed by atoms with E-state index in [1.54, 1.807) is 36.4 Å². The second kappa shape index (κ2) is 12.3. The largest absolute Gasteiger partial charge is 0.496 e. The molecule has 0 aromatic heterocycles. The molecule has 0 aliphatic rings. The molecule has 0 heterocycles. The van der Waals surface area contributed by atoms with Gasteiger partial charge in [0.15, 0.2) is 0 Å². The third-order valence-electron chi connectivity index (χ3n) is 8.21. The number of benzene rings is 6. The van der Waals surface area contributed by atoms with E-state index in [9.17, 15) is 39.6 Å². The van der Waals surface area contributed by atoms with Gasteiger partial charge in [-0.2, -0.15) is 0 Å². The van der Waals surface area contributed by atoms with Gasteiger partial charge in [0, 0.05) is 11.1 Å². The molecule has 0 saturated carbocycles. The summed E-state index contributed by atoms with van der Waals surface area (Å²) in [6.45, 7) is 0. The van der Waals surface area contributed by atoms with Crippen LogP contribution in [0.3, 0.4) is 0 Å². The average Bonchev–Trinajstić information content (AvgIpc) is 3.09. The Morgan fingerprint density at radius 1 is 0.438 bits per heavy atom. The minimum Gasteiger partial charge on any atom is -0.496 e. The Labute approximate surface area is 272 Å². The first-order chi connectivity index (χ1) is 23.0. The molecule has 0 amide bonds. The topological polar surface area (TPSA) is 168 Å². The van der Waals surface area contributed by atoms with Gasteiger partial charge in [-0.05, 0) is 92.3 Å². The zero-order chi connectivity index (χ0) is 34.3. The molecule has 0 aliphatic carbocycles. The van der Waals surface area contributed by atoms with Gasteiger partial charge in [-0.3, -0.25) is 0 Å². The highest BCUT2D eigenvalue weighted by molar-refractivity contribution is 6.15. The van der Waals surface area contributed by atoms with Gasteiger partial charge in [0.05, 0.1) is 36.5 Å². The highest BCUT2D eigenvalue weighted by Crippen LogP contribution is 2.48. The lowest BCUT2D eigenvalue weighted by Crippen LogP contribution is -2.03. The molecular formula is C38H26O10. The lowest BCUT2D eigenvalue weighted by atomic mass is 9.87. The van der Waals surface area contributed by atoms with Crippen LogP contribution in [-0.2, 0) is 0 Å². The molecule has 48 heavy (non-hydrogen) atoms. The lowest BCUT2D eigenvalue weighted by Gasteiger charge is -2.20. The van der Waals surface area contributed by atoms with Crippen molar-refractivity contribution in [2.75, 3.05) is 14.2 Å². The number of rotatable bonds is 9. The van der Waals surface area contributed by atoms with Gasteiger partial charge in [0.2, 0.25) is 0 Å². The normalized spacial score (nSPS) is 11.0. The molecule has 0 atom stereocenters. The molecule has 10 heteroatoms. The fourth-order valence-electron chi connectivity index (χ4n) is 6.10. The van der Waals surface area contributed by atoms with Crippen molar-refractivity contribution in [2.45, 2.75) is 0 Å². The minimum atomic E-state index is -1.26. The highest BCUT2D eigenvalue weighted by atomic mass is 16.5. The van der Waals surface area contributed by atoms with E-state index in [0.717, 1.165) is 12.1 Å². The fraction of sp³-hybridized carbons (Fsp3) is 0.0526. The summed E-state index contributed by atoms with van der Waals surface area (Å²) in [6.07, 6.45) is 0. The summed E-state index contributed by atoms with van der Waals surface area (Å²) in [7, 11) is 3.05. The van der Waals surface area contributed by atoms with E-state index in [1.165, 1.54) is 38.5 Å². The summed E-state index contributed by atoms with van der Waals surface area (Å²) in [5, 5.41) is 41.6. The van der Waals surface area contributed by atoms with E-state index in [0.29, 0.717) is 66.4 Å². The summed E-state index contributed by atoms with van der Waals surface area (Å²) in [5.41, 5.74) is 2.57. The monoisotopic (exact) mass is 642 g/mol. The molecular weight excluding hydrogens is 616 g/mol. The SMILES string of the molecule is COc1ccc2c(-c3cc(C(=O)O)cc(C(=O)O)c3)cccc2c1-c1c(OC)ccc2c(-c3cc(C(=O)O)cc(C(=O)O)c3)cccc12. The van der Waals surface area contributed by atoms with Crippen LogP contribution in [0.2, 0.25) is 0 Å². The highest BCUT2D eigenvalue weighted by Gasteiger charge is 2.22. The standard InChI is InChI=1S/C38H26O10/c1-47-31-11-9-27-25(19-13-21(35(39)40)17-22(14-19)36(41)42)5-3-7-29(27)33(31)34-30-8-4-6-26(28(30)10-12-32(34)48-2)20-15-23(37(43)44)18-24(16-20)38(45)46/h3-18H,1-2H3,(H,39,40)(H,41,42)(H,43,44)(H,45,46). The summed E-state index contributed by atoms with van der Waals surface area (Å²) in [4.78, 5) is 47.6. The maximum Gasteiger partial charge on any atom is 0.335 e. The van der Waals surface area contributed by atoms with Crippen LogP contribution < -0.4 is 9.47 Å². The van der Waals surface area contributed by atoms with Gasteiger partial charge >= 0.3 is 23.9 Å². The van der Waals surface area contributed by atoms with E-state index >= 15 is 0 Å². The number of fused-ring (bicyclic) bond motifs is 2. The maximum absolute atomic E-state index is 11.9. The Balaban J connectivity index is 1.68. The van der Waals surface area contributed by atoms with Gasteiger partial charge in [-0.15, -0.1) is 0 Å². The van der Waals surface area contributed by atoms with E-state index in [2.05, 4.69) is 0 Å². The number of methoxy groups -OCH3 is 2. The zero-order valence-electron chi connectivity index (χ0n) is 25.5. The molecule has 0 aliphatic heterocycles. The van der Waals surface area contributed by atoms with E-state index < -0.39 is 23.9 Å². The Morgan fingerprint density at radius 2 is 0.771 bits per heavy atom. The number of carboxylic acid groups (broad SMARTS) is 4. The molecule has 0 radical (unpaired) electrons. The van der Waals surface area contributed by atoms with Crippen LogP contribution >= 0.6 is 0 Å². The molecule has 6 rings (SSSR count). The Hall–Kier alpha value is -6.68. The Bertz CT molecular complexity index is 2110. The number of aromatic carboxylic acids is 4. The second-order valence-electron chi connectivity index (χ2n) is 10.9. The molecule has 0 unspecified atom stereocenters.